The van der Waals surface area contributed by atoms with Gasteiger partial charge in [0.1, 0.15) is 6.10 Å². The number of hydrogen-bond donors (Lipinski definition) is 1. The van der Waals surface area contributed by atoms with Crippen LogP contribution >= 0.6 is 0 Å². The number of ether oxygens (including phenoxy) is 1. The standard InChI is InChI=1S/C13H13N3O3/c1-8-11(9-6-4-3-5-7-9)19-13(18)10(15-14)12(17)16(8)2/h3-8,11H,1-2H3/p+1/t8-,11-/m0/s1. The predicted molar refractivity (Wildman–Crippen MR) is 67.2 cm³/mol. The van der Waals surface area contributed by atoms with Gasteiger partial charge in [-0.05, 0) is 12.5 Å². The largest absolute Gasteiger partial charge is 0.527 e. The lowest BCUT2D eigenvalue weighted by molar-refractivity contribution is -0.128. The van der Waals surface area contributed by atoms with Crippen molar-refractivity contribution in [2.24, 2.45) is 0 Å². The van der Waals surface area contributed by atoms with Crippen LogP contribution in [0.15, 0.2) is 42.0 Å². The van der Waals surface area contributed by atoms with Crippen LogP contribution in [-0.4, -0.2) is 29.0 Å². The van der Waals surface area contributed by atoms with E-state index in [1.807, 2.05) is 30.3 Å². The van der Waals surface area contributed by atoms with Gasteiger partial charge in [0.2, 0.25) is 5.39 Å². The molecule has 98 valence electrons. The molecule has 1 aromatic rings. The molecule has 1 amide bonds. The van der Waals surface area contributed by atoms with Crippen LogP contribution in [0.5, 0.6) is 0 Å². The highest BCUT2D eigenvalue weighted by Crippen LogP contribution is 2.31. The SMILES string of the molecule is C[C@H]1[C@@H](c2ccccc2)OC(O)=C([N+]#N)C(=O)N1C. The molecule has 0 saturated heterocycles. The summed E-state index contributed by atoms with van der Waals surface area (Å²) in [7, 11) is 1.57. The van der Waals surface area contributed by atoms with Gasteiger partial charge in [-0.2, -0.15) is 0 Å². The molecule has 6 nitrogen and oxygen atoms in total. The lowest BCUT2D eigenvalue weighted by Gasteiger charge is -2.28. The van der Waals surface area contributed by atoms with Crippen molar-refractivity contribution in [1.29, 1.82) is 5.39 Å². The molecule has 1 heterocycles. The van der Waals surface area contributed by atoms with E-state index in [2.05, 4.69) is 4.98 Å². The Labute approximate surface area is 110 Å². The van der Waals surface area contributed by atoms with Gasteiger partial charge in [0.25, 0.3) is 0 Å². The normalized spacial score (nSPS) is 23.6. The number of nitrogens with zero attached hydrogens (tertiary/aromatic N) is 3. The Kier molecular flexibility index (Phi) is 3.38. The summed E-state index contributed by atoms with van der Waals surface area (Å²) in [5, 5.41) is 18.5. The van der Waals surface area contributed by atoms with Crippen molar-refractivity contribution in [3.8, 4) is 0 Å². The predicted octanol–water partition coefficient (Wildman–Crippen LogP) is 2.18. The number of carbonyl (C=O) groups is 1. The van der Waals surface area contributed by atoms with E-state index < -0.39 is 23.7 Å². The lowest BCUT2D eigenvalue weighted by atomic mass is 10.0. The van der Waals surface area contributed by atoms with Gasteiger partial charge < -0.3 is 14.7 Å². The van der Waals surface area contributed by atoms with Gasteiger partial charge >= 0.3 is 17.5 Å². The molecule has 0 unspecified atom stereocenters. The maximum Gasteiger partial charge on any atom is 0.527 e. The molecule has 0 aromatic heterocycles. The summed E-state index contributed by atoms with van der Waals surface area (Å²) in [6.45, 7) is 1.79. The van der Waals surface area contributed by atoms with Crippen molar-refractivity contribution in [3.63, 3.8) is 0 Å². The van der Waals surface area contributed by atoms with Crippen LogP contribution in [-0.2, 0) is 9.53 Å². The van der Waals surface area contributed by atoms with E-state index in [1.54, 1.807) is 14.0 Å². The van der Waals surface area contributed by atoms with E-state index in [-0.39, 0.29) is 6.04 Å². The van der Waals surface area contributed by atoms with Crippen LogP contribution in [0.25, 0.3) is 4.98 Å². The third kappa shape index (κ3) is 2.22. The Balaban J connectivity index is 2.45. The highest BCUT2D eigenvalue weighted by molar-refractivity contribution is 5.95. The second-order valence-electron chi connectivity index (χ2n) is 4.36. The fraction of sp³-hybridized carbons (Fsp3) is 0.308. The summed E-state index contributed by atoms with van der Waals surface area (Å²) in [6.07, 6.45) is -0.533. The zero-order valence-corrected chi connectivity index (χ0v) is 10.6. The number of benzene rings is 1. The van der Waals surface area contributed by atoms with Crippen LogP contribution in [0.4, 0.5) is 0 Å². The third-order valence-corrected chi connectivity index (χ3v) is 3.24. The number of hydrogen-bond acceptors (Lipinski definition) is 4. The average Bonchev–Trinajstić information content (AvgIpc) is 2.51. The zero-order valence-electron chi connectivity index (χ0n) is 10.6. The number of diazo groups is 1. The number of rotatable bonds is 1. The monoisotopic (exact) mass is 260 g/mol. The first kappa shape index (κ1) is 12.9. The van der Waals surface area contributed by atoms with Crippen molar-refractivity contribution in [2.75, 3.05) is 7.05 Å². The Morgan fingerprint density at radius 1 is 1.37 bits per heavy atom. The van der Waals surface area contributed by atoms with Crippen LogP contribution in [0.3, 0.4) is 0 Å². The Bertz CT molecular complexity index is 562. The lowest BCUT2D eigenvalue weighted by Crippen LogP contribution is -2.38. The van der Waals surface area contributed by atoms with Crippen LogP contribution in [0.1, 0.15) is 18.6 Å². The highest BCUT2D eigenvalue weighted by Gasteiger charge is 2.43. The van der Waals surface area contributed by atoms with Gasteiger partial charge in [0, 0.05) is 7.05 Å². The first-order valence-corrected chi connectivity index (χ1v) is 5.83. The molecule has 2 atom stereocenters. The van der Waals surface area contributed by atoms with Crippen LogP contribution in [0.2, 0.25) is 0 Å². The summed E-state index contributed by atoms with van der Waals surface area (Å²) in [5.74, 6) is -1.26. The number of carbonyl (C=O) groups excluding carboxylic acids is 1. The van der Waals surface area contributed by atoms with Gasteiger partial charge in [-0.1, -0.05) is 30.3 Å². The topological polar surface area (TPSA) is 77.9 Å². The quantitative estimate of drug-likeness (QED) is 0.785. The van der Waals surface area contributed by atoms with E-state index in [0.717, 1.165) is 5.56 Å². The Morgan fingerprint density at radius 2 is 2.00 bits per heavy atom. The third-order valence-electron chi connectivity index (χ3n) is 3.24. The molecule has 0 aliphatic carbocycles. The molecule has 1 aromatic carbocycles. The van der Waals surface area contributed by atoms with Gasteiger partial charge in [0.15, 0.2) is 4.98 Å². The van der Waals surface area contributed by atoms with Gasteiger partial charge in [-0.3, -0.25) is 4.79 Å². The molecule has 2 rings (SSSR count). The van der Waals surface area contributed by atoms with E-state index in [4.69, 9.17) is 10.1 Å². The van der Waals surface area contributed by atoms with Crippen molar-refractivity contribution in [2.45, 2.75) is 19.1 Å². The summed E-state index contributed by atoms with van der Waals surface area (Å²) in [6, 6.07) is 8.91. The highest BCUT2D eigenvalue weighted by atomic mass is 16.6. The summed E-state index contributed by atoms with van der Waals surface area (Å²) in [5.41, 5.74) is 0.327. The molecule has 1 aliphatic rings. The zero-order chi connectivity index (χ0) is 14.0. The summed E-state index contributed by atoms with van der Waals surface area (Å²) >= 11 is 0. The molecular formula is C13H14N3O3+. The first-order valence-electron chi connectivity index (χ1n) is 5.83. The maximum atomic E-state index is 11.9. The number of aliphatic hydroxyl groups excluding tert-OH is 1. The van der Waals surface area contributed by atoms with Gasteiger partial charge in [0.05, 0.1) is 6.04 Å². The number of likely N-dealkylation sites (N-methyl/N-ethyl adjacent to an activating group) is 1. The molecule has 0 spiro atoms. The van der Waals surface area contributed by atoms with Crippen LogP contribution in [0, 0.1) is 5.39 Å². The Hall–Kier alpha value is -2.55. The second-order valence-corrected chi connectivity index (χ2v) is 4.36. The molecular weight excluding hydrogens is 246 g/mol. The van der Waals surface area contributed by atoms with Crippen molar-refractivity contribution >= 4 is 5.91 Å². The minimum absolute atomic E-state index is 0.323. The molecule has 1 N–H and O–H groups in total. The summed E-state index contributed by atoms with van der Waals surface area (Å²) in [4.78, 5) is 16.1. The van der Waals surface area contributed by atoms with E-state index >= 15 is 0 Å². The molecule has 0 fully saturated rings. The van der Waals surface area contributed by atoms with Crippen molar-refractivity contribution < 1.29 is 14.6 Å². The molecule has 0 saturated carbocycles. The molecule has 0 radical (unpaired) electrons. The number of amides is 1. The molecule has 6 heteroatoms. The second kappa shape index (κ2) is 4.98. The molecule has 19 heavy (non-hydrogen) atoms. The van der Waals surface area contributed by atoms with Crippen molar-refractivity contribution in [1.82, 2.24) is 4.90 Å². The molecule has 1 aliphatic heterocycles. The minimum Gasteiger partial charge on any atom is -0.475 e. The minimum atomic E-state index is -0.669. The van der Waals surface area contributed by atoms with E-state index in [1.165, 1.54) is 4.90 Å². The maximum absolute atomic E-state index is 11.9. The van der Waals surface area contributed by atoms with Gasteiger partial charge in [-0.15, -0.1) is 0 Å². The summed E-state index contributed by atoms with van der Waals surface area (Å²) < 4.78 is 5.37. The average molecular weight is 260 g/mol. The Morgan fingerprint density at radius 3 is 2.58 bits per heavy atom. The smallest absolute Gasteiger partial charge is 0.475 e. The fourth-order valence-corrected chi connectivity index (χ4v) is 2.00. The van der Waals surface area contributed by atoms with E-state index in [9.17, 15) is 9.90 Å². The molecule has 0 bridgehead atoms. The van der Waals surface area contributed by atoms with E-state index in [0.29, 0.717) is 0 Å². The fourth-order valence-electron chi connectivity index (χ4n) is 2.00. The van der Waals surface area contributed by atoms with Gasteiger partial charge in [-0.25, -0.2) is 0 Å². The first-order chi connectivity index (χ1) is 9.06. The number of aliphatic hydroxyl groups is 1. The van der Waals surface area contributed by atoms with Crippen molar-refractivity contribution in [3.05, 3.63) is 52.5 Å². The van der Waals surface area contributed by atoms with Crippen LogP contribution < -0.4 is 0 Å².